The van der Waals surface area contributed by atoms with Crippen LogP contribution < -0.4 is 11.2 Å². The van der Waals surface area contributed by atoms with Crippen molar-refractivity contribution >= 4 is 34.4 Å². The molecule has 162 valence electrons. The van der Waals surface area contributed by atoms with Gasteiger partial charge in [-0.2, -0.15) is 13.2 Å². The van der Waals surface area contributed by atoms with Gasteiger partial charge in [-0.3, -0.25) is 14.2 Å². The molecular formula is C17H12Cl2F4N2O5. The fourth-order valence-corrected chi connectivity index (χ4v) is 2.58. The van der Waals surface area contributed by atoms with E-state index < -0.39 is 62.0 Å². The molecule has 0 aliphatic carbocycles. The molecule has 30 heavy (non-hydrogen) atoms. The lowest BCUT2D eigenvalue weighted by Crippen LogP contribution is -2.41. The number of carbonyl (C=O) groups is 2. The summed E-state index contributed by atoms with van der Waals surface area (Å²) in [4.78, 5) is 48.2. The van der Waals surface area contributed by atoms with Crippen molar-refractivity contribution in [2.45, 2.75) is 25.6 Å². The van der Waals surface area contributed by atoms with Gasteiger partial charge in [0.15, 0.2) is 5.60 Å². The predicted molar refractivity (Wildman–Crippen MR) is 97.6 cm³/mol. The van der Waals surface area contributed by atoms with Crippen molar-refractivity contribution in [3.05, 3.63) is 61.1 Å². The normalized spacial score (nSPS) is 12.0. The van der Waals surface area contributed by atoms with Gasteiger partial charge in [0, 0.05) is 13.1 Å². The summed E-state index contributed by atoms with van der Waals surface area (Å²) >= 11 is 11.1. The molecule has 2 aromatic rings. The molecule has 7 nitrogen and oxygen atoms in total. The molecule has 0 spiro atoms. The van der Waals surface area contributed by atoms with Gasteiger partial charge in [-0.05, 0) is 37.6 Å². The SMILES string of the molecule is Cn1c(C(F)(F)F)cc(=O)n(-c2cc(C(=O)OC(C)(C)C(=O)Cl)c(Cl)cc2F)c1=O. The van der Waals surface area contributed by atoms with E-state index in [2.05, 4.69) is 0 Å². The monoisotopic (exact) mass is 470 g/mol. The highest BCUT2D eigenvalue weighted by Gasteiger charge is 2.36. The third kappa shape index (κ3) is 4.41. The molecule has 0 aliphatic heterocycles. The van der Waals surface area contributed by atoms with Crippen LogP contribution in [0, 0.1) is 5.82 Å². The number of benzene rings is 1. The Labute approximate surface area is 175 Å². The van der Waals surface area contributed by atoms with Crippen molar-refractivity contribution in [2.24, 2.45) is 7.05 Å². The quantitative estimate of drug-likeness (QED) is 0.389. The second-order valence-electron chi connectivity index (χ2n) is 6.50. The number of esters is 1. The van der Waals surface area contributed by atoms with E-state index >= 15 is 0 Å². The highest BCUT2D eigenvalue weighted by atomic mass is 35.5. The molecule has 0 atom stereocenters. The summed E-state index contributed by atoms with van der Waals surface area (Å²) in [5, 5.41) is -1.54. The first-order valence-electron chi connectivity index (χ1n) is 7.91. The number of nitrogens with zero attached hydrogens (tertiary/aromatic N) is 2. The number of aromatic nitrogens is 2. The summed E-state index contributed by atoms with van der Waals surface area (Å²) in [6.45, 7) is 2.32. The second-order valence-corrected chi connectivity index (χ2v) is 7.25. The molecule has 13 heteroatoms. The van der Waals surface area contributed by atoms with Gasteiger partial charge < -0.3 is 4.74 Å². The third-order valence-electron chi connectivity index (χ3n) is 3.93. The number of hydrogen-bond donors (Lipinski definition) is 0. The summed E-state index contributed by atoms with van der Waals surface area (Å²) in [5.74, 6) is -2.53. The highest BCUT2D eigenvalue weighted by Crippen LogP contribution is 2.28. The molecule has 0 unspecified atom stereocenters. The molecular weight excluding hydrogens is 459 g/mol. The molecule has 2 rings (SSSR count). The summed E-state index contributed by atoms with van der Waals surface area (Å²) in [6.07, 6.45) is -5.01. The van der Waals surface area contributed by atoms with Crippen molar-refractivity contribution in [2.75, 3.05) is 0 Å². The van der Waals surface area contributed by atoms with Crippen molar-refractivity contribution < 1.29 is 31.9 Å². The number of rotatable bonds is 4. The van der Waals surface area contributed by atoms with Gasteiger partial charge in [-0.1, -0.05) is 11.6 Å². The highest BCUT2D eigenvalue weighted by molar-refractivity contribution is 6.65. The van der Waals surface area contributed by atoms with Crippen LogP contribution in [0.15, 0.2) is 27.8 Å². The zero-order valence-corrected chi connectivity index (χ0v) is 16.9. The molecule has 0 saturated carbocycles. The molecule has 0 radical (unpaired) electrons. The average molecular weight is 471 g/mol. The van der Waals surface area contributed by atoms with Crippen LogP contribution in [0.4, 0.5) is 17.6 Å². The smallest absolute Gasteiger partial charge is 0.431 e. The minimum absolute atomic E-state index is 0.0928. The van der Waals surface area contributed by atoms with Crippen LogP contribution in [0.3, 0.4) is 0 Å². The Morgan fingerprint density at radius 1 is 1.10 bits per heavy atom. The van der Waals surface area contributed by atoms with Crippen molar-refractivity contribution in [1.29, 1.82) is 0 Å². The number of halogens is 6. The van der Waals surface area contributed by atoms with E-state index in [9.17, 15) is 36.7 Å². The number of alkyl halides is 3. The van der Waals surface area contributed by atoms with E-state index in [4.69, 9.17) is 27.9 Å². The van der Waals surface area contributed by atoms with Crippen LogP contribution in [0.1, 0.15) is 29.9 Å². The fourth-order valence-electron chi connectivity index (χ4n) is 2.31. The Bertz CT molecular complexity index is 1170. The third-order valence-corrected chi connectivity index (χ3v) is 4.70. The van der Waals surface area contributed by atoms with Crippen molar-refractivity contribution in [3.63, 3.8) is 0 Å². The van der Waals surface area contributed by atoms with Gasteiger partial charge >= 0.3 is 17.8 Å². The summed E-state index contributed by atoms with van der Waals surface area (Å²) in [7, 11) is 0.735. The summed E-state index contributed by atoms with van der Waals surface area (Å²) in [5.41, 5.74) is -7.77. The maximum atomic E-state index is 14.4. The van der Waals surface area contributed by atoms with Crippen LogP contribution in [0.2, 0.25) is 5.02 Å². The number of hydrogen-bond acceptors (Lipinski definition) is 5. The standard InChI is InChI=1S/C17H12Cl2F4N2O5/c1-16(2,14(19)28)30-13(27)7-4-10(9(20)5-8(7)18)25-12(26)6-11(17(21,22)23)24(3)15(25)29/h4-6H,1-3H3. The molecule has 1 aromatic heterocycles. The lowest BCUT2D eigenvalue weighted by Gasteiger charge is -2.21. The molecule has 0 N–H and O–H groups in total. The first-order chi connectivity index (χ1) is 13.6. The number of carbonyl (C=O) groups excluding carboxylic acids is 2. The molecule has 0 aliphatic rings. The largest absolute Gasteiger partial charge is 0.447 e. The van der Waals surface area contributed by atoms with Gasteiger partial charge in [0.05, 0.1) is 16.3 Å². The zero-order chi connectivity index (χ0) is 23.2. The van der Waals surface area contributed by atoms with Crippen LogP contribution in [0.25, 0.3) is 5.69 Å². The molecule has 1 aromatic carbocycles. The minimum atomic E-state index is -5.01. The molecule has 0 bridgehead atoms. The van der Waals surface area contributed by atoms with E-state index in [0.29, 0.717) is 12.1 Å². The summed E-state index contributed by atoms with van der Waals surface area (Å²) < 4.78 is 58.4. The molecule has 0 amide bonds. The van der Waals surface area contributed by atoms with Gasteiger partial charge in [-0.15, -0.1) is 0 Å². The molecule has 0 saturated heterocycles. The molecule has 0 fully saturated rings. The van der Waals surface area contributed by atoms with E-state index in [1.54, 1.807) is 0 Å². The Hall–Kier alpha value is -2.66. The van der Waals surface area contributed by atoms with Crippen LogP contribution >= 0.6 is 23.2 Å². The Kier molecular flexibility index (Phi) is 6.20. The van der Waals surface area contributed by atoms with E-state index in [1.807, 2.05) is 0 Å². The Balaban J connectivity index is 2.71. The van der Waals surface area contributed by atoms with Crippen LogP contribution in [-0.2, 0) is 22.8 Å². The fraction of sp³-hybridized carbons (Fsp3) is 0.294. The lowest BCUT2D eigenvalue weighted by molar-refractivity contribution is -0.144. The second kappa shape index (κ2) is 7.88. The van der Waals surface area contributed by atoms with Gasteiger partial charge in [0.1, 0.15) is 11.5 Å². The predicted octanol–water partition coefficient (Wildman–Crippen LogP) is 3.05. The lowest BCUT2D eigenvalue weighted by atomic mass is 10.1. The Morgan fingerprint density at radius 3 is 2.17 bits per heavy atom. The minimum Gasteiger partial charge on any atom is -0.447 e. The zero-order valence-electron chi connectivity index (χ0n) is 15.4. The summed E-state index contributed by atoms with van der Waals surface area (Å²) in [6, 6.07) is 1.31. The van der Waals surface area contributed by atoms with E-state index in [1.165, 1.54) is 0 Å². The first-order valence-corrected chi connectivity index (χ1v) is 8.66. The maximum absolute atomic E-state index is 14.4. The van der Waals surface area contributed by atoms with Gasteiger partial charge in [0.25, 0.3) is 10.8 Å². The first kappa shape index (κ1) is 23.6. The molecule has 1 heterocycles. The van der Waals surface area contributed by atoms with Crippen LogP contribution in [0.5, 0.6) is 0 Å². The van der Waals surface area contributed by atoms with Gasteiger partial charge in [0.2, 0.25) is 0 Å². The maximum Gasteiger partial charge on any atom is 0.431 e. The van der Waals surface area contributed by atoms with Gasteiger partial charge in [-0.25, -0.2) is 18.5 Å². The number of ether oxygens (including phenoxy) is 1. The van der Waals surface area contributed by atoms with E-state index in [-0.39, 0.29) is 15.2 Å². The topological polar surface area (TPSA) is 87.4 Å². The average Bonchev–Trinajstić information content (AvgIpc) is 2.58. The van der Waals surface area contributed by atoms with E-state index in [0.717, 1.165) is 20.9 Å². The van der Waals surface area contributed by atoms with Crippen molar-refractivity contribution in [3.8, 4) is 5.69 Å². The van der Waals surface area contributed by atoms with Crippen LogP contribution in [-0.4, -0.2) is 25.9 Å². The van der Waals surface area contributed by atoms with Crippen molar-refractivity contribution in [1.82, 2.24) is 9.13 Å². The Morgan fingerprint density at radius 2 is 1.67 bits per heavy atom.